The number of rotatable bonds is 14. The molecular weight excluding hydrogens is 537 g/mol. The number of benzene rings is 2. The first kappa shape index (κ1) is 30.7. The van der Waals surface area contributed by atoms with Gasteiger partial charge in [0.25, 0.3) is 0 Å². The first-order valence-electron chi connectivity index (χ1n) is 12.1. The summed E-state index contributed by atoms with van der Waals surface area (Å²) in [6.45, 7) is 4.39. The summed E-state index contributed by atoms with van der Waals surface area (Å²) in [4.78, 5) is 27.6. The summed E-state index contributed by atoms with van der Waals surface area (Å²) in [5.41, 5.74) is 1.05. The minimum atomic E-state index is -3.64. The SMILES string of the molecule is CCCCNC(=O)[C@H](C)N(Cc1ccc(Cl)cc1Cl)C(=O)CCCN(c1ccccc1OC)S(C)(=O)=O. The van der Waals surface area contributed by atoms with E-state index in [0.29, 0.717) is 33.6 Å². The van der Waals surface area contributed by atoms with Crippen LogP contribution in [0.2, 0.25) is 10.0 Å². The number of sulfonamides is 1. The second-order valence-corrected chi connectivity index (χ2v) is 11.4. The van der Waals surface area contributed by atoms with Crippen molar-refractivity contribution in [2.75, 3.05) is 30.8 Å². The molecule has 0 saturated carbocycles. The van der Waals surface area contributed by atoms with Crippen molar-refractivity contribution < 1.29 is 22.7 Å². The molecule has 8 nitrogen and oxygen atoms in total. The highest BCUT2D eigenvalue weighted by atomic mass is 35.5. The maximum Gasteiger partial charge on any atom is 0.242 e. The Balaban J connectivity index is 2.21. The van der Waals surface area contributed by atoms with Crippen LogP contribution in [0.25, 0.3) is 0 Å². The number of nitrogens with one attached hydrogen (secondary N) is 1. The number of hydrogen-bond donors (Lipinski definition) is 1. The molecule has 11 heteroatoms. The molecule has 1 N–H and O–H groups in total. The number of anilines is 1. The van der Waals surface area contributed by atoms with Crippen molar-refractivity contribution >= 4 is 50.7 Å². The molecule has 0 aliphatic heterocycles. The number of methoxy groups -OCH3 is 1. The number of carbonyl (C=O) groups excluding carboxylic acids is 2. The number of ether oxygens (including phenoxy) is 1. The van der Waals surface area contributed by atoms with Gasteiger partial charge in [-0.25, -0.2) is 8.42 Å². The van der Waals surface area contributed by atoms with Crippen molar-refractivity contribution in [3.05, 3.63) is 58.1 Å². The van der Waals surface area contributed by atoms with Crippen LogP contribution in [0.3, 0.4) is 0 Å². The van der Waals surface area contributed by atoms with Crippen molar-refractivity contribution in [3.63, 3.8) is 0 Å². The summed E-state index contributed by atoms with van der Waals surface area (Å²) in [6.07, 6.45) is 3.14. The molecule has 0 spiro atoms. The average Bonchev–Trinajstić information content (AvgIpc) is 2.85. The maximum atomic E-state index is 13.4. The Hall–Kier alpha value is -2.49. The van der Waals surface area contributed by atoms with E-state index < -0.39 is 16.1 Å². The van der Waals surface area contributed by atoms with Gasteiger partial charge >= 0.3 is 0 Å². The summed E-state index contributed by atoms with van der Waals surface area (Å²) in [7, 11) is -2.17. The highest BCUT2D eigenvalue weighted by molar-refractivity contribution is 7.92. The Kier molecular flexibility index (Phi) is 12.0. The lowest BCUT2D eigenvalue weighted by atomic mass is 10.1. The van der Waals surface area contributed by atoms with Gasteiger partial charge in [-0.15, -0.1) is 0 Å². The van der Waals surface area contributed by atoms with E-state index in [4.69, 9.17) is 27.9 Å². The van der Waals surface area contributed by atoms with Crippen LogP contribution >= 0.6 is 23.2 Å². The molecule has 0 heterocycles. The molecule has 0 radical (unpaired) electrons. The molecule has 204 valence electrons. The summed E-state index contributed by atoms with van der Waals surface area (Å²) < 4.78 is 31.6. The van der Waals surface area contributed by atoms with E-state index in [2.05, 4.69) is 5.32 Å². The molecule has 2 amide bonds. The fourth-order valence-corrected chi connectivity index (χ4v) is 5.21. The number of amides is 2. The lowest BCUT2D eigenvalue weighted by Gasteiger charge is -2.30. The van der Waals surface area contributed by atoms with Gasteiger partial charge in [-0.3, -0.25) is 13.9 Å². The van der Waals surface area contributed by atoms with Crippen LogP contribution < -0.4 is 14.4 Å². The lowest BCUT2D eigenvalue weighted by Crippen LogP contribution is -2.48. The highest BCUT2D eigenvalue weighted by Gasteiger charge is 2.27. The number of para-hydroxylation sites is 2. The Morgan fingerprint density at radius 2 is 1.81 bits per heavy atom. The first-order valence-corrected chi connectivity index (χ1v) is 14.7. The molecule has 0 aromatic heterocycles. The van der Waals surface area contributed by atoms with Gasteiger partial charge in [-0.05, 0) is 49.6 Å². The zero-order valence-electron chi connectivity index (χ0n) is 21.7. The molecule has 0 saturated heterocycles. The van der Waals surface area contributed by atoms with Crippen molar-refractivity contribution in [2.24, 2.45) is 0 Å². The van der Waals surface area contributed by atoms with E-state index in [1.807, 2.05) is 6.92 Å². The Morgan fingerprint density at radius 3 is 2.43 bits per heavy atom. The summed E-state index contributed by atoms with van der Waals surface area (Å²) in [6, 6.07) is 11.0. The number of hydrogen-bond acceptors (Lipinski definition) is 5. The van der Waals surface area contributed by atoms with Crippen molar-refractivity contribution in [1.82, 2.24) is 10.2 Å². The van der Waals surface area contributed by atoms with Crippen molar-refractivity contribution in [2.45, 2.75) is 52.1 Å². The molecule has 0 aliphatic carbocycles. The largest absolute Gasteiger partial charge is 0.495 e. The predicted octanol–water partition coefficient (Wildman–Crippen LogP) is 4.88. The van der Waals surface area contributed by atoms with E-state index >= 15 is 0 Å². The third-order valence-electron chi connectivity index (χ3n) is 5.86. The zero-order valence-corrected chi connectivity index (χ0v) is 24.0. The summed E-state index contributed by atoms with van der Waals surface area (Å²) in [5, 5.41) is 3.73. The van der Waals surface area contributed by atoms with E-state index in [0.717, 1.165) is 19.1 Å². The fourth-order valence-electron chi connectivity index (χ4n) is 3.77. The summed E-state index contributed by atoms with van der Waals surface area (Å²) in [5.74, 6) is -0.146. The first-order chi connectivity index (χ1) is 17.5. The second-order valence-electron chi connectivity index (χ2n) is 8.69. The van der Waals surface area contributed by atoms with Gasteiger partial charge < -0.3 is 15.0 Å². The van der Waals surface area contributed by atoms with Crippen LogP contribution in [0.4, 0.5) is 5.69 Å². The Bertz CT molecular complexity index is 1180. The van der Waals surface area contributed by atoms with Crippen LogP contribution in [0.5, 0.6) is 5.75 Å². The van der Waals surface area contributed by atoms with Gasteiger partial charge in [0.05, 0.1) is 19.1 Å². The van der Waals surface area contributed by atoms with Crippen LogP contribution in [0.1, 0.15) is 45.1 Å². The number of nitrogens with zero attached hydrogens (tertiary/aromatic N) is 2. The smallest absolute Gasteiger partial charge is 0.242 e. The minimum Gasteiger partial charge on any atom is -0.495 e. The quantitative estimate of drug-likeness (QED) is 0.326. The molecule has 37 heavy (non-hydrogen) atoms. The van der Waals surface area contributed by atoms with E-state index in [1.165, 1.54) is 16.3 Å². The molecule has 0 fully saturated rings. The van der Waals surface area contributed by atoms with Gasteiger partial charge in [0, 0.05) is 36.1 Å². The van der Waals surface area contributed by atoms with E-state index in [1.54, 1.807) is 49.4 Å². The highest BCUT2D eigenvalue weighted by Crippen LogP contribution is 2.30. The molecule has 0 bridgehead atoms. The molecule has 2 aromatic carbocycles. The van der Waals surface area contributed by atoms with Gasteiger partial charge in [0.2, 0.25) is 21.8 Å². The molecule has 0 unspecified atom stereocenters. The van der Waals surface area contributed by atoms with Crippen LogP contribution in [0, 0.1) is 0 Å². The Morgan fingerprint density at radius 1 is 1.11 bits per heavy atom. The van der Waals surface area contributed by atoms with Gasteiger partial charge in [-0.1, -0.05) is 54.7 Å². The van der Waals surface area contributed by atoms with Crippen LogP contribution in [-0.4, -0.2) is 57.6 Å². The third kappa shape index (κ3) is 9.09. The predicted molar refractivity (Wildman–Crippen MR) is 149 cm³/mol. The minimum absolute atomic E-state index is 0.0267. The number of carbonyl (C=O) groups is 2. The lowest BCUT2D eigenvalue weighted by molar-refractivity contribution is -0.140. The third-order valence-corrected chi connectivity index (χ3v) is 7.63. The van der Waals surface area contributed by atoms with Gasteiger partial charge in [-0.2, -0.15) is 0 Å². The summed E-state index contributed by atoms with van der Waals surface area (Å²) >= 11 is 12.4. The molecule has 2 aromatic rings. The number of halogens is 2. The van der Waals surface area contributed by atoms with E-state index in [9.17, 15) is 18.0 Å². The van der Waals surface area contributed by atoms with Gasteiger partial charge in [0.1, 0.15) is 11.8 Å². The topological polar surface area (TPSA) is 96.0 Å². The second kappa shape index (κ2) is 14.4. The fraction of sp³-hybridized carbons (Fsp3) is 0.462. The van der Waals surface area contributed by atoms with Gasteiger partial charge in [0.15, 0.2) is 0 Å². The monoisotopic (exact) mass is 571 g/mol. The van der Waals surface area contributed by atoms with Crippen molar-refractivity contribution in [1.29, 1.82) is 0 Å². The van der Waals surface area contributed by atoms with Crippen molar-refractivity contribution in [3.8, 4) is 5.75 Å². The molecular formula is C26H35Cl2N3O5S. The molecule has 0 aliphatic rings. The normalized spacial score (nSPS) is 12.1. The zero-order chi connectivity index (χ0) is 27.6. The standard InChI is InChI=1S/C26H35Cl2N3O5S/c1-5-6-15-29-26(33)19(2)30(18-20-13-14-21(27)17-22(20)28)25(32)12-9-16-31(37(4,34)35)23-10-7-8-11-24(23)36-3/h7-8,10-11,13-14,17,19H,5-6,9,12,15-16,18H2,1-4H3,(H,29,33)/t19-/m0/s1. The Labute approximate surface area is 229 Å². The number of unbranched alkanes of at least 4 members (excludes halogenated alkanes) is 1. The maximum absolute atomic E-state index is 13.4. The molecule has 2 rings (SSSR count). The van der Waals surface area contributed by atoms with Crippen LogP contribution in [-0.2, 0) is 26.2 Å². The van der Waals surface area contributed by atoms with Crippen LogP contribution in [0.15, 0.2) is 42.5 Å². The molecule has 1 atom stereocenters. The average molecular weight is 573 g/mol. The van der Waals surface area contributed by atoms with E-state index in [-0.39, 0.29) is 37.7 Å².